The SMILES string of the molecule is CC[C@H]1[C@@H](O)[C@@H]2[C@H](CC[C@]3(C)[C@@H]([C@H](C)CCOC(=O)CC4CCCCC4)CC[C@@H]23)[C@@]2(C)CC[C@@H](O)C[C@@H]12. The van der Waals surface area contributed by atoms with Gasteiger partial charge in [-0.2, -0.15) is 0 Å². The Balaban J connectivity index is 1.22. The molecule has 2 N–H and O–H groups in total. The highest BCUT2D eigenvalue weighted by Gasteiger charge is 2.64. The van der Waals surface area contributed by atoms with E-state index in [2.05, 4.69) is 27.7 Å². The molecule has 0 aromatic rings. The first-order valence-electron chi connectivity index (χ1n) is 16.2. The van der Waals surface area contributed by atoms with Gasteiger partial charge in [0.15, 0.2) is 0 Å². The quantitative estimate of drug-likeness (QED) is 0.353. The summed E-state index contributed by atoms with van der Waals surface area (Å²) in [5.41, 5.74) is 0.546. The summed E-state index contributed by atoms with van der Waals surface area (Å²) in [4.78, 5) is 12.5. The Morgan fingerprint density at radius 1 is 0.919 bits per heavy atom. The van der Waals surface area contributed by atoms with E-state index in [0.717, 1.165) is 32.1 Å². The van der Waals surface area contributed by atoms with Gasteiger partial charge in [-0.05, 0) is 122 Å². The Hall–Kier alpha value is -0.610. The number of ether oxygens (including phenoxy) is 1. The molecule has 4 nitrogen and oxygen atoms in total. The number of carbonyl (C=O) groups excluding carboxylic acids is 1. The zero-order chi connectivity index (χ0) is 26.4. The van der Waals surface area contributed by atoms with Crippen LogP contribution < -0.4 is 0 Å². The molecule has 37 heavy (non-hydrogen) atoms. The highest BCUT2D eigenvalue weighted by atomic mass is 16.5. The minimum absolute atomic E-state index is 0.0199. The summed E-state index contributed by atoms with van der Waals surface area (Å²) in [7, 11) is 0. The van der Waals surface area contributed by atoms with Gasteiger partial charge in [0.2, 0.25) is 0 Å². The lowest BCUT2D eigenvalue weighted by Crippen LogP contribution is -2.62. The smallest absolute Gasteiger partial charge is 0.306 e. The Morgan fingerprint density at radius 2 is 1.62 bits per heavy atom. The van der Waals surface area contributed by atoms with Crippen molar-refractivity contribution in [2.24, 2.45) is 58.2 Å². The van der Waals surface area contributed by atoms with E-state index in [0.29, 0.717) is 60.4 Å². The van der Waals surface area contributed by atoms with Gasteiger partial charge < -0.3 is 14.9 Å². The maximum atomic E-state index is 12.5. The molecule has 0 heterocycles. The molecule has 5 aliphatic carbocycles. The van der Waals surface area contributed by atoms with Crippen molar-refractivity contribution in [2.45, 2.75) is 136 Å². The summed E-state index contributed by atoms with van der Waals surface area (Å²) in [6, 6.07) is 0. The van der Waals surface area contributed by atoms with E-state index >= 15 is 0 Å². The van der Waals surface area contributed by atoms with Crippen LogP contribution in [0.15, 0.2) is 0 Å². The summed E-state index contributed by atoms with van der Waals surface area (Å²) in [5.74, 6) is 4.15. The van der Waals surface area contributed by atoms with E-state index in [-0.39, 0.29) is 29.0 Å². The molecule has 0 aliphatic heterocycles. The van der Waals surface area contributed by atoms with E-state index in [9.17, 15) is 15.0 Å². The molecule has 5 fully saturated rings. The second-order valence-corrected chi connectivity index (χ2v) is 14.8. The average Bonchev–Trinajstić information content (AvgIpc) is 3.23. The van der Waals surface area contributed by atoms with Gasteiger partial charge in [0.1, 0.15) is 0 Å². The highest BCUT2D eigenvalue weighted by Crippen LogP contribution is 2.69. The van der Waals surface area contributed by atoms with Crippen LogP contribution in [0.5, 0.6) is 0 Å². The molecule has 5 rings (SSSR count). The minimum Gasteiger partial charge on any atom is -0.466 e. The fourth-order valence-electron chi connectivity index (χ4n) is 11.2. The topological polar surface area (TPSA) is 66.8 Å². The van der Waals surface area contributed by atoms with Gasteiger partial charge in [0, 0.05) is 6.42 Å². The van der Waals surface area contributed by atoms with Crippen molar-refractivity contribution in [1.82, 2.24) is 0 Å². The van der Waals surface area contributed by atoms with Crippen LogP contribution in [-0.4, -0.2) is 35.0 Å². The van der Waals surface area contributed by atoms with Crippen molar-refractivity contribution in [2.75, 3.05) is 6.61 Å². The summed E-state index contributed by atoms with van der Waals surface area (Å²) in [6.07, 6.45) is 16.4. The first-order chi connectivity index (χ1) is 17.7. The van der Waals surface area contributed by atoms with E-state index in [1.165, 1.54) is 57.8 Å². The molecule has 0 bridgehead atoms. The molecular formula is C33H56O4. The largest absolute Gasteiger partial charge is 0.466 e. The lowest BCUT2D eigenvalue weighted by atomic mass is 9.41. The van der Waals surface area contributed by atoms with Crippen molar-refractivity contribution in [3.63, 3.8) is 0 Å². The van der Waals surface area contributed by atoms with Crippen molar-refractivity contribution in [3.8, 4) is 0 Å². The van der Waals surface area contributed by atoms with Crippen molar-refractivity contribution in [1.29, 1.82) is 0 Å². The first kappa shape index (κ1) is 27.9. The third-order valence-electron chi connectivity index (χ3n) is 13.2. The lowest BCUT2D eigenvalue weighted by Gasteiger charge is -2.64. The Bertz CT molecular complexity index is 791. The lowest BCUT2D eigenvalue weighted by molar-refractivity contribution is -0.203. The first-order valence-corrected chi connectivity index (χ1v) is 16.2. The predicted octanol–water partition coefficient (Wildman–Crippen LogP) is 7.15. The van der Waals surface area contributed by atoms with Gasteiger partial charge >= 0.3 is 5.97 Å². The van der Waals surface area contributed by atoms with Crippen LogP contribution in [0.4, 0.5) is 0 Å². The Kier molecular flexibility index (Phi) is 8.39. The normalized spacial score (nSPS) is 47.0. The Labute approximate surface area is 226 Å². The van der Waals surface area contributed by atoms with Gasteiger partial charge in [-0.1, -0.05) is 53.4 Å². The minimum atomic E-state index is -0.224. The summed E-state index contributed by atoms with van der Waals surface area (Å²) < 4.78 is 5.76. The fourth-order valence-corrected chi connectivity index (χ4v) is 11.2. The number of fused-ring (bicyclic) bond motifs is 5. The summed E-state index contributed by atoms with van der Waals surface area (Å²) >= 11 is 0. The van der Waals surface area contributed by atoms with Crippen LogP contribution >= 0.6 is 0 Å². The van der Waals surface area contributed by atoms with Gasteiger partial charge in [-0.15, -0.1) is 0 Å². The van der Waals surface area contributed by atoms with Crippen LogP contribution in [0.2, 0.25) is 0 Å². The van der Waals surface area contributed by atoms with Crippen LogP contribution in [-0.2, 0) is 9.53 Å². The van der Waals surface area contributed by atoms with Crippen LogP contribution in [0.1, 0.15) is 124 Å². The monoisotopic (exact) mass is 516 g/mol. The van der Waals surface area contributed by atoms with Crippen LogP contribution in [0.25, 0.3) is 0 Å². The second-order valence-electron chi connectivity index (χ2n) is 14.8. The number of aliphatic hydroxyl groups is 2. The standard InChI is InChI=1S/C33H56O4/c1-5-24-28-20-23(34)13-16-33(28,4)27-14-17-32(3)25(11-12-26(32)30(27)31(24)36)21(2)15-18-37-29(35)19-22-9-7-6-8-10-22/h21-28,30-31,34,36H,5-20H2,1-4H3/t21-,23-,24-,25-,26+,27+,28+,30+,31-,32-,33-/m1/s1. The van der Waals surface area contributed by atoms with E-state index in [1.807, 2.05) is 0 Å². The van der Waals surface area contributed by atoms with Crippen LogP contribution in [0, 0.1) is 58.2 Å². The molecule has 0 saturated heterocycles. The summed E-state index contributed by atoms with van der Waals surface area (Å²) in [5, 5.41) is 22.4. The molecule has 0 unspecified atom stereocenters. The number of hydrogen-bond donors (Lipinski definition) is 2. The van der Waals surface area contributed by atoms with Crippen molar-refractivity contribution < 1.29 is 19.7 Å². The highest BCUT2D eigenvalue weighted by molar-refractivity contribution is 5.69. The van der Waals surface area contributed by atoms with Crippen molar-refractivity contribution >= 4 is 5.97 Å². The zero-order valence-corrected chi connectivity index (χ0v) is 24.3. The number of rotatable bonds is 7. The molecule has 5 aliphatic rings. The molecular weight excluding hydrogens is 460 g/mol. The maximum Gasteiger partial charge on any atom is 0.306 e. The average molecular weight is 517 g/mol. The molecule has 0 amide bonds. The maximum absolute atomic E-state index is 12.5. The Morgan fingerprint density at radius 3 is 2.35 bits per heavy atom. The van der Waals surface area contributed by atoms with E-state index in [1.54, 1.807) is 0 Å². The molecule has 5 saturated carbocycles. The van der Waals surface area contributed by atoms with Crippen LogP contribution in [0.3, 0.4) is 0 Å². The predicted molar refractivity (Wildman–Crippen MR) is 148 cm³/mol. The summed E-state index contributed by atoms with van der Waals surface area (Å²) in [6.45, 7) is 10.3. The van der Waals surface area contributed by atoms with E-state index < -0.39 is 0 Å². The third kappa shape index (κ3) is 5.05. The van der Waals surface area contributed by atoms with Gasteiger partial charge in [0.25, 0.3) is 0 Å². The molecule has 0 spiro atoms. The zero-order valence-electron chi connectivity index (χ0n) is 24.3. The number of aliphatic hydroxyl groups excluding tert-OH is 2. The van der Waals surface area contributed by atoms with Crippen molar-refractivity contribution in [3.05, 3.63) is 0 Å². The number of carbonyl (C=O) groups is 1. The molecule has 0 aromatic heterocycles. The van der Waals surface area contributed by atoms with E-state index in [4.69, 9.17) is 4.74 Å². The fraction of sp³-hybridized carbons (Fsp3) is 0.970. The van der Waals surface area contributed by atoms with Gasteiger partial charge in [-0.25, -0.2) is 0 Å². The number of esters is 1. The molecule has 212 valence electrons. The molecule has 0 aromatic carbocycles. The molecule has 4 heteroatoms. The molecule has 0 radical (unpaired) electrons. The van der Waals surface area contributed by atoms with Gasteiger partial charge in [0.05, 0.1) is 18.8 Å². The second kappa shape index (κ2) is 11.1. The molecule has 11 atom stereocenters. The third-order valence-corrected chi connectivity index (χ3v) is 13.2. The number of hydrogen-bond acceptors (Lipinski definition) is 4. The van der Waals surface area contributed by atoms with Gasteiger partial charge in [-0.3, -0.25) is 4.79 Å².